The molecule has 1 N–H and O–H groups in total. The van der Waals surface area contributed by atoms with Crippen molar-refractivity contribution in [3.63, 3.8) is 0 Å². The fraction of sp³-hybridized carbons (Fsp3) is 0.150. The molecule has 0 spiro atoms. The number of aromatic amines is 1. The number of nitrogens with zero attached hydrogens (tertiary/aromatic N) is 1. The molecule has 0 fully saturated rings. The van der Waals surface area contributed by atoms with Crippen molar-refractivity contribution in [3.05, 3.63) is 71.6 Å². The molecule has 0 aliphatic carbocycles. The van der Waals surface area contributed by atoms with Crippen LogP contribution in [0.1, 0.15) is 5.56 Å². The number of thiophene rings is 1. The zero-order valence-corrected chi connectivity index (χ0v) is 14.3. The van der Waals surface area contributed by atoms with Gasteiger partial charge in [-0.1, -0.05) is 36.4 Å². The Bertz CT molecular complexity index is 957. The lowest BCUT2D eigenvalue weighted by Crippen LogP contribution is -2.37. The SMILES string of the molecule is Cc1ccccc1OCC[n+]1c(-c2cccs2)[nH]c2ccccc21. The number of benzene rings is 2. The normalized spacial score (nSPS) is 11.0. The van der Waals surface area contributed by atoms with Gasteiger partial charge in [-0.15, -0.1) is 11.3 Å². The summed E-state index contributed by atoms with van der Waals surface area (Å²) in [6, 6.07) is 20.8. The van der Waals surface area contributed by atoms with Gasteiger partial charge >= 0.3 is 0 Å². The van der Waals surface area contributed by atoms with Gasteiger partial charge in [0, 0.05) is 0 Å². The van der Waals surface area contributed by atoms with Crippen molar-refractivity contribution in [3.8, 4) is 16.5 Å². The van der Waals surface area contributed by atoms with Gasteiger partial charge in [0.2, 0.25) is 0 Å². The molecule has 0 radical (unpaired) electrons. The maximum Gasteiger partial charge on any atom is 0.297 e. The number of nitrogens with one attached hydrogen (secondary N) is 1. The Kier molecular flexibility index (Phi) is 4.05. The predicted octanol–water partition coefficient (Wildman–Crippen LogP) is 4.57. The van der Waals surface area contributed by atoms with Crippen LogP contribution in [-0.2, 0) is 6.54 Å². The highest BCUT2D eigenvalue weighted by Crippen LogP contribution is 2.23. The molecule has 4 heteroatoms. The quantitative estimate of drug-likeness (QED) is 0.532. The number of H-pyrrole nitrogens is 1. The minimum absolute atomic E-state index is 0.635. The molecule has 0 atom stereocenters. The fourth-order valence-corrected chi connectivity index (χ4v) is 3.67. The summed E-state index contributed by atoms with van der Waals surface area (Å²) in [5.41, 5.74) is 3.52. The molecule has 2 aromatic carbocycles. The third kappa shape index (κ3) is 2.81. The van der Waals surface area contributed by atoms with Crippen LogP contribution in [0.15, 0.2) is 66.0 Å². The summed E-state index contributed by atoms with van der Waals surface area (Å²) < 4.78 is 8.31. The molecule has 0 amide bonds. The number of imidazole rings is 1. The summed E-state index contributed by atoms with van der Waals surface area (Å²) in [5.74, 6) is 2.09. The maximum atomic E-state index is 6.00. The van der Waals surface area contributed by atoms with Gasteiger partial charge in [-0.2, -0.15) is 0 Å². The summed E-state index contributed by atoms with van der Waals surface area (Å²) in [7, 11) is 0. The van der Waals surface area contributed by atoms with Crippen LogP contribution in [0.3, 0.4) is 0 Å². The van der Waals surface area contributed by atoms with Crippen LogP contribution in [0.2, 0.25) is 0 Å². The Labute approximate surface area is 145 Å². The molecular formula is C20H19N2OS+. The van der Waals surface area contributed by atoms with E-state index in [1.165, 1.54) is 16.0 Å². The molecule has 120 valence electrons. The van der Waals surface area contributed by atoms with Crippen molar-refractivity contribution in [2.75, 3.05) is 6.61 Å². The molecule has 4 aromatic rings. The van der Waals surface area contributed by atoms with E-state index in [1.807, 2.05) is 18.2 Å². The fourth-order valence-electron chi connectivity index (χ4n) is 2.94. The van der Waals surface area contributed by atoms with Crippen LogP contribution in [0.5, 0.6) is 5.75 Å². The van der Waals surface area contributed by atoms with Gasteiger partial charge in [-0.05, 0) is 42.1 Å². The van der Waals surface area contributed by atoms with E-state index < -0.39 is 0 Å². The number of fused-ring (bicyclic) bond motifs is 1. The minimum Gasteiger partial charge on any atom is -0.489 e. The highest BCUT2D eigenvalue weighted by molar-refractivity contribution is 7.13. The first-order valence-electron chi connectivity index (χ1n) is 8.06. The topological polar surface area (TPSA) is 28.9 Å². The predicted molar refractivity (Wildman–Crippen MR) is 98.5 cm³/mol. The van der Waals surface area contributed by atoms with E-state index in [-0.39, 0.29) is 0 Å². The number of hydrogen-bond donors (Lipinski definition) is 1. The number of ether oxygens (including phenoxy) is 1. The molecule has 0 saturated heterocycles. The van der Waals surface area contributed by atoms with Gasteiger partial charge in [0.1, 0.15) is 23.8 Å². The Morgan fingerprint density at radius 2 is 1.83 bits per heavy atom. The lowest BCUT2D eigenvalue weighted by molar-refractivity contribution is -0.660. The zero-order valence-electron chi connectivity index (χ0n) is 13.5. The zero-order chi connectivity index (χ0) is 16.4. The van der Waals surface area contributed by atoms with E-state index >= 15 is 0 Å². The lowest BCUT2D eigenvalue weighted by atomic mass is 10.2. The summed E-state index contributed by atoms with van der Waals surface area (Å²) >= 11 is 1.74. The minimum atomic E-state index is 0.635. The molecule has 2 aromatic heterocycles. The van der Waals surface area contributed by atoms with E-state index in [0.29, 0.717) is 6.61 Å². The molecular weight excluding hydrogens is 316 g/mol. The van der Waals surface area contributed by atoms with Gasteiger partial charge in [0.15, 0.2) is 11.0 Å². The van der Waals surface area contributed by atoms with Crippen molar-refractivity contribution in [2.24, 2.45) is 0 Å². The third-order valence-electron chi connectivity index (χ3n) is 4.14. The Morgan fingerprint density at radius 3 is 2.67 bits per heavy atom. The second kappa shape index (κ2) is 6.49. The average Bonchev–Trinajstić information content (AvgIpc) is 3.24. The van der Waals surface area contributed by atoms with E-state index in [4.69, 9.17) is 4.74 Å². The number of rotatable bonds is 5. The largest absolute Gasteiger partial charge is 0.489 e. The summed E-state index contributed by atoms with van der Waals surface area (Å²) in [6.07, 6.45) is 0. The van der Waals surface area contributed by atoms with E-state index in [9.17, 15) is 0 Å². The second-order valence-corrected chi connectivity index (χ2v) is 6.68. The van der Waals surface area contributed by atoms with Crippen LogP contribution in [0.4, 0.5) is 0 Å². The van der Waals surface area contributed by atoms with Crippen molar-refractivity contribution < 1.29 is 9.30 Å². The van der Waals surface area contributed by atoms with Crippen molar-refractivity contribution in [2.45, 2.75) is 13.5 Å². The first-order valence-corrected chi connectivity index (χ1v) is 8.94. The second-order valence-electron chi connectivity index (χ2n) is 5.73. The molecule has 0 aliphatic heterocycles. The van der Waals surface area contributed by atoms with Crippen LogP contribution in [-0.4, -0.2) is 11.6 Å². The van der Waals surface area contributed by atoms with Gasteiger partial charge in [0.25, 0.3) is 5.82 Å². The average molecular weight is 335 g/mol. The molecule has 4 rings (SSSR count). The number of aryl methyl sites for hydroxylation is 1. The molecule has 2 heterocycles. The van der Waals surface area contributed by atoms with Gasteiger partial charge < -0.3 is 4.74 Å². The molecule has 0 saturated carbocycles. The van der Waals surface area contributed by atoms with Crippen LogP contribution < -0.4 is 9.30 Å². The lowest BCUT2D eigenvalue weighted by Gasteiger charge is -2.08. The number of hydrogen-bond acceptors (Lipinski definition) is 2. The summed E-state index contributed by atoms with van der Waals surface area (Å²) in [5, 5.41) is 2.11. The molecule has 24 heavy (non-hydrogen) atoms. The summed E-state index contributed by atoms with van der Waals surface area (Å²) in [4.78, 5) is 4.78. The summed E-state index contributed by atoms with van der Waals surface area (Å²) in [6.45, 7) is 3.51. The van der Waals surface area contributed by atoms with E-state index in [0.717, 1.165) is 23.6 Å². The highest BCUT2D eigenvalue weighted by Gasteiger charge is 2.20. The van der Waals surface area contributed by atoms with Gasteiger partial charge in [-0.25, -0.2) is 9.55 Å². The Morgan fingerprint density at radius 1 is 1.00 bits per heavy atom. The van der Waals surface area contributed by atoms with Crippen LogP contribution in [0, 0.1) is 6.92 Å². The number of aromatic nitrogens is 2. The standard InChI is InChI=1S/C20H18N2OS/c1-15-7-2-5-10-18(15)23-13-12-22-17-9-4-3-8-16(17)21-20(22)19-11-6-14-24-19/h2-11,14H,12-13H2,1H3/p+1. The first kappa shape index (κ1) is 15.0. The number of para-hydroxylation sites is 3. The van der Waals surface area contributed by atoms with E-state index in [2.05, 4.69) is 64.3 Å². The van der Waals surface area contributed by atoms with Crippen LogP contribution in [0.25, 0.3) is 21.7 Å². The Hall–Kier alpha value is -2.59. The van der Waals surface area contributed by atoms with Gasteiger partial charge in [-0.3, -0.25) is 0 Å². The monoisotopic (exact) mass is 335 g/mol. The molecule has 3 nitrogen and oxygen atoms in total. The van der Waals surface area contributed by atoms with E-state index in [1.54, 1.807) is 11.3 Å². The maximum absolute atomic E-state index is 6.00. The van der Waals surface area contributed by atoms with Gasteiger partial charge in [0.05, 0.1) is 0 Å². The Balaban J connectivity index is 1.63. The van der Waals surface area contributed by atoms with Crippen molar-refractivity contribution in [1.82, 2.24) is 4.98 Å². The molecule has 0 bridgehead atoms. The molecule has 0 unspecified atom stereocenters. The third-order valence-corrected chi connectivity index (χ3v) is 5.02. The van der Waals surface area contributed by atoms with Crippen molar-refractivity contribution >= 4 is 22.4 Å². The smallest absolute Gasteiger partial charge is 0.297 e. The highest BCUT2D eigenvalue weighted by atomic mass is 32.1. The molecule has 0 aliphatic rings. The van der Waals surface area contributed by atoms with Crippen LogP contribution >= 0.6 is 11.3 Å². The van der Waals surface area contributed by atoms with Crippen molar-refractivity contribution in [1.29, 1.82) is 0 Å². The first-order chi connectivity index (χ1) is 11.8.